The summed E-state index contributed by atoms with van der Waals surface area (Å²) in [6.07, 6.45) is 6.54. The van der Waals surface area contributed by atoms with Crippen molar-refractivity contribution in [3.63, 3.8) is 0 Å². The fourth-order valence-electron chi connectivity index (χ4n) is 6.70. The van der Waals surface area contributed by atoms with E-state index < -0.39 is 11.7 Å². The summed E-state index contributed by atoms with van der Waals surface area (Å²) in [5.74, 6) is -0.781. The minimum Gasteiger partial charge on any atom is -0.438 e. The molecule has 1 aliphatic carbocycles. The van der Waals surface area contributed by atoms with Crippen LogP contribution in [0.5, 0.6) is 11.6 Å². The molecule has 50 heavy (non-hydrogen) atoms. The predicted octanol–water partition coefficient (Wildman–Crippen LogP) is 6.33. The molecule has 4 heterocycles. The topological polar surface area (TPSA) is 110 Å². The van der Waals surface area contributed by atoms with E-state index >= 15 is 0 Å². The second kappa shape index (κ2) is 15.2. The molecule has 2 amide bonds. The molecular weight excluding hydrogens is 635 g/mol. The zero-order valence-corrected chi connectivity index (χ0v) is 28.1. The molecule has 2 aromatic carbocycles. The van der Waals surface area contributed by atoms with E-state index in [2.05, 4.69) is 49.8 Å². The SMILES string of the molecule is Cc1cccc2nc(C(=O)N[C@H]3CC[C@H](NC(=O)c4cc(F)cnc4Oc4cccc(-c5ccc(CN6CCCOCC6)cc5)c4)CC3)cn12. The van der Waals surface area contributed by atoms with Gasteiger partial charge in [0.1, 0.15) is 28.5 Å². The van der Waals surface area contributed by atoms with Crippen LogP contribution >= 0.6 is 0 Å². The molecular formula is C39H41FN6O4. The van der Waals surface area contributed by atoms with Gasteiger partial charge in [-0.15, -0.1) is 0 Å². The van der Waals surface area contributed by atoms with Gasteiger partial charge in [-0.2, -0.15) is 0 Å². The van der Waals surface area contributed by atoms with Gasteiger partial charge in [-0.05, 0) is 86.1 Å². The maximum atomic E-state index is 14.4. The standard InChI is InChI=1S/C39H41FN6O4/c1-26-5-2-8-36-44-35(25-46(26)36)38(48)43-32-15-13-31(14-16-32)42-37(47)34-22-30(40)23-41-39(34)50-33-7-3-6-29(21-33)28-11-9-27(10-12-28)24-45-17-4-19-49-20-18-45/h2-3,5-12,21-23,25,31-32H,4,13-20,24H2,1H3,(H,42,47)(H,43,48)/t31-,32-. The fraction of sp³-hybridized carbons (Fsp3) is 0.333. The summed E-state index contributed by atoms with van der Waals surface area (Å²) in [5, 5.41) is 6.12. The quantitative estimate of drug-likeness (QED) is 0.188. The first-order valence-electron chi connectivity index (χ1n) is 17.3. The third-order valence-corrected chi connectivity index (χ3v) is 9.45. The smallest absolute Gasteiger partial charge is 0.271 e. The molecule has 0 atom stereocenters. The van der Waals surface area contributed by atoms with E-state index in [1.54, 1.807) is 12.3 Å². The lowest BCUT2D eigenvalue weighted by atomic mass is 9.91. The zero-order chi connectivity index (χ0) is 34.5. The lowest BCUT2D eigenvalue weighted by Crippen LogP contribution is -2.44. The van der Waals surface area contributed by atoms with Crippen molar-refractivity contribution in [3.05, 3.63) is 114 Å². The predicted molar refractivity (Wildman–Crippen MR) is 188 cm³/mol. The van der Waals surface area contributed by atoms with Crippen molar-refractivity contribution in [3.8, 4) is 22.8 Å². The molecule has 7 rings (SSSR count). The molecule has 2 fully saturated rings. The van der Waals surface area contributed by atoms with Gasteiger partial charge in [0.05, 0.1) is 12.8 Å². The van der Waals surface area contributed by atoms with Crippen LogP contribution in [0.4, 0.5) is 4.39 Å². The van der Waals surface area contributed by atoms with Gasteiger partial charge in [-0.25, -0.2) is 14.4 Å². The van der Waals surface area contributed by atoms with Gasteiger partial charge >= 0.3 is 0 Å². The summed E-state index contributed by atoms with van der Waals surface area (Å²) < 4.78 is 27.9. The summed E-state index contributed by atoms with van der Waals surface area (Å²) in [7, 11) is 0. The zero-order valence-electron chi connectivity index (χ0n) is 28.1. The van der Waals surface area contributed by atoms with Crippen molar-refractivity contribution in [1.29, 1.82) is 0 Å². The number of nitrogens with zero attached hydrogens (tertiary/aromatic N) is 4. The number of fused-ring (bicyclic) bond motifs is 1. The number of hydrogen-bond acceptors (Lipinski definition) is 7. The highest BCUT2D eigenvalue weighted by Gasteiger charge is 2.26. The Morgan fingerprint density at radius 1 is 0.900 bits per heavy atom. The van der Waals surface area contributed by atoms with E-state index in [1.807, 2.05) is 47.7 Å². The Morgan fingerprint density at radius 3 is 2.44 bits per heavy atom. The van der Waals surface area contributed by atoms with Gasteiger partial charge in [-0.1, -0.05) is 42.5 Å². The van der Waals surface area contributed by atoms with Crippen LogP contribution in [0, 0.1) is 12.7 Å². The van der Waals surface area contributed by atoms with Crippen LogP contribution in [-0.4, -0.2) is 69.5 Å². The number of aryl methyl sites for hydroxylation is 1. The number of imidazole rings is 1. The van der Waals surface area contributed by atoms with E-state index in [1.165, 1.54) is 5.56 Å². The normalized spacial score (nSPS) is 18.4. The van der Waals surface area contributed by atoms with Crippen molar-refractivity contribution in [1.82, 2.24) is 29.9 Å². The molecule has 3 aromatic heterocycles. The second-order valence-electron chi connectivity index (χ2n) is 13.1. The van der Waals surface area contributed by atoms with Crippen LogP contribution in [0.2, 0.25) is 0 Å². The lowest BCUT2D eigenvalue weighted by Gasteiger charge is -2.29. The molecule has 2 aliphatic rings. The molecule has 0 spiro atoms. The molecule has 0 bridgehead atoms. The Hall–Kier alpha value is -5.13. The monoisotopic (exact) mass is 676 g/mol. The van der Waals surface area contributed by atoms with E-state index in [-0.39, 0.29) is 29.4 Å². The summed E-state index contributed by atoms with van der Waals surface area (Å²) >= 11 is 0. The number of halogens is 1. The number of rotatable bonds is 9. The molecule has 10 nitrogen and oxygen atoms in total. The van der Waals surface area contributed by atoms with Gasteiger partial charge < -0.3 is 24.5 Å². The first-order chi connectivity index (χ1) is 24.4. The van der Waals surface area contributed by atoms with Gasteiger partial charge in [-0.3, -0.25) is 14.5 Å². The molecule has 11 heteroatoms. The van der Waals surface area contributed by atoms with E-state index in [0.717, 1.165) is 74.0 Å². The molecule has 258 valence electrons. The molecule has 0 unspecified atom stereocenters. The van der Waals surface area contributed by atoms with Crippen molar-refractivity contribution in [2.24, 2.45) is 0 Å². The van der Waals surface area contributed by atoms with Crippen molar-refractivity contribution < 1.29 is 23.5 Å². The number of benzene rings is 2. The average molecular weight is 677 g/mol. The summed E-state index contributed by atoms with van der Waals surface area (Å²) in [4.78, 5) is 37.4. The van der Waals surface area contributed by atoms with Crippen molar-refractivity contribution in [2.45, 2.75) is 57.7 Å². The molecule has 1 saturated heterocycles. The molecule has 1 aliphatic heterocycles. The Labute approximate surface area is 290 Å². The number of aromatic nitrogens is 3. The maximum Gasteiger partial charge on any atom is 0.271 e. The highest BCUT2D eigenvalue weighted by Crippen LogP contribution is 2.29. The van der Waals surface area contributed by atoms with E-state index in [9.17, 15) is 14.0 Å². The van der Waals surface area contributed by atoms with E-state index in [0.29, 0.717) is 37.1 Å². The molecule has 5 aromatic rings. The first-order valence-corrected chi connectivity index (χ1v) is 17.3. The summed E-state index contributed by atoms with van der Waals surface area (Å²) in [5.41, 5.74) is 5.34. The Balaban J connectivity index is 0.952. The number of carbonyl (C=O) groups excluding carboxylic acids is 2. The minimum absolute atomic E-state index is 0.0243. The van der Waals surface area contributed by atoms with Crippen molar-refractivity contribution >= 4 is 17.5 Å². The van der Waals surface area contributed by atoms with Crippen molar-refractivity contribution in [2.75, 3.05) is 26.3 Å². The highest BCUT2D eigenvalue weighted by atomic mass is 19.1. The average Bonchev–Trinajstić information content (AvgIpc) is 3.42. The van der Waals surface area contributed by atoms with Gasteiger partial charge in [0, 0.05) is 50.2 Å². The van der Waals surface area contributed by atoms with Gasteiger partial charge in [0.25, 0.3) is 11.8 Å². The van der Waals surface area contributed by atoms with Gasteiger partial charge in [0.15, 0.2) is 0 Å². The van der Waals surface area contributed by atoms with Crippen LogP contribution in [0.3, 0.4) is 0 Å². The maximum absolute atomic E-state index is 14.4. The minimum atomic E-state index is -0.627. The number of amides is 2. The Kier molecular flexibility index (Phi) is 10.1. The second-order valence-corrected chi connectivity index (χ2v) is 13.1. The first kappa shape index (κ1) is 33.4. The summed E-state index contributed by atoms with van der Waals surface area (Å²) in [6.45, 7) is 6.41. The van der Waals surface area contributed by atoms with Crippen LogP contribution in [-0.2, 0) is 11.3 Å². The third kappa shape index (κ3) is 8.01. The number of pyridine rings is 2. The fourth-order valence-corrected chi connectivity index (χ4v) is 6.70. The molecule has 1 saturated carbocycles. The van der Waals surface area contributed by atoms with E-state index in [4.69, 9.17) is 9.47 Å². The van der Waals surface area contributed by atoms with Crippen LogP contribution in [0.1, 0.15) is 64.2 Å². The number of nitrogens with one attached hydrogen (secondary N) is 2. The third-order valence-electron chi connectivity index (χ3n) is 9.45. The van der Waals surface area contributed by atoms with Crippen LogP contribution in [0.15, 0.2) is 85.2 Å². The van der Waals surface area contributed by atoms with Crippen LogP contribution in [0.25, 0.3) is 16.8 Å². The molecule has 0 radical (unpaired) electrons. The Bertz CT molecular complexity index is 1960. The lowest BCUT2D eigenvalue weighted by molar-refractivity contribution is 0.0888. The Morgan fingerprint density at radius 2 is 1.66 bits per heavy atom. The van der Waals surface area contributed by atoms with Gasteiger partial charge in [0.2, 0.25) is 5.88 Å². The number of hydrogen-bond donors (Lipinski definition) is 2. The highest BCUT2D eigenvalue weighted by molar-refractivity contribution is 5.96. The molecule has 2 N–H and O–H groups in total. The summed E-state index contributed by atoms with van der Waals surface area (Å²) in [6, 6.07) is 22.8. The largest absolute Gasteiger partial charge is 0.438 e. The van der Waals surface area contributed by atoms with Crippen LogP contribution < -0.4 is 15.4 Å². The number of carbonyl (C=O) groups is 2. The number of ether oxygens (including phenoxy) is 2.